The standard InChI is InChI=1S/C18H22N2O3/c1-23-16-9-8-15-17(20-16)13(10-11-19-15)5-2-12-3-6-14(7-4-12)18(21)22/h8-12,14H,2-7H2,1H3,(H,21,22)/t12-,14-. The smallest absolute Gasteiger partial charge is 0.306 e. The van der Waals surface area contributed by atoms with Gasteiger partial charge in [-0.05, 0) is 62.1 Å². The van der Waals surface area contributed by atoms with Gasteiger partial charge in [-0.2, -0.15) is 0 Å². The summed E-state index contributed by atoms with van der Waals surface area (Å²) in [5.41, 5.74) is 2.98. The number of carboxylic acid groups (broad SMARTS) is 1. The van der Waals surface area contributed by atoms with E-state index in [0.29, 0.717) is 11.8 Å². The number of carbonyl (C=O) groups is 1. The third-order valence-electron chi connectivity index (χ3n) is 4.87. The van der Waals surface area contributed by atoms with Crippen molar-refractivity contribution in [1.29, 1.82) is 0 Å². The van der Waals surface area contributed by atoms with E-state index in [4.69, 9.17) is 9.84 Å². The summed E-state index contributed by atoms with van der Waals surface area (Å²) in [5, 5.41) is 9.07. The molecule has 0 bridgehead atoms. The van der Waals surface area contributed by atoms with Crippen molar-refractivity contribution in [1.82, 2.24) is 9.97 Å². The summed E-state index contributed by atoms with van der Waals surface area (Å²) < 4.78 is 5.21. The Balaban J connectivity index is 1.67. The van der Waals surface area contributed by atoms with Crippen LogP contribution in [0.15, 0.2) is 24.4 Å². The molecular formula is C18H22N2O3. The lowest BCUT2D eigenvalue weighted by atomic mass is 9.79. The van der Waals surface area contributed by atoms with Crippen LogP contribution in [-0.4, -0.2) is 28.2 Å². The summed E-state index contributed by atoms with van der Waals surface area (Å²) in [4.78, 5) is 19.9. The maximum atomic E-state index is 11.0. The summed E-state index contributed by atoms with van der Waals surface area (Å²) in [6, 6.07) is 5.78. The lowest BCUT2D eigenvalue weighted by Crippen LogP contribution is -2.21. The van der Waals surface area contributed by atoms with Gasteiger partial charge in [0.15, 0.2) is 0 Å². The zero-order valence-electron chi connectivity index (χ0n) is 13.4. The van der Waals surface area contributed by atoms with Gasteiger partial charge in [-0.1, -0.05) is 0 Å². The molecule has 0 radical (unpaired) electrons. The van der Waals surface area contributed by atoms with Crippen LogP contribution in [0.1, 0.15) is 37.7 Å². The number of aliphatic carboxylic acids is 1. The van der Waals surface area contributed by atoms with E-state index >= 15 is 0 Å². The number of ether oxygens (including phenoxy) is 1. The van der Waals surface area contributed by atoms with Crippen LogP contribution in [0.5, 0.6) is 5.88 Å². The maximum absolute atomic E-state index is 11.0. The Morgan fingerprint density at radius 2 is 2.04 bits per heavy atom. The van der Waals surface area contributed by atoms with Crippen LogP contribution >= 0.6 is 0 Å². The van der Waals surface area contributed by atoms with Gasteiger partial charge in [-0.15, -0.1) is 0 Å². The molecule has 1 N–H and O–H groups in total. The number of hydrogen-bond acceptors (Lipinski definition) is 4. The van der Waals surface area contributed by atoms with Crippen LogP contribution in [0.25, 0.3) is 11.0 Å². The van der Waals surface area contributed by atoms with Gasteiger partial charge in [0.05, 0.1) is 24.1 Å². The minimum absolute atomic E-state index is 0.140. The quantitative estimate of drug-likeness (QED) is 0.915. The number of nitrogens with zero attached hydrogens (tertiary/aromatic N) is 2. The highest BCUT2D eigenvalue weighted by Crippen LogP contribution is 2.32. The van der Waals surface area contributed by atoms with Crippen molar-refractivity contribution in [3.8, 4) is 5.88 Å². The number of aromatic nitrogens is 2. The van der Waals surface area contributed by atoms with Gasteiger partial charge in [0.1, 0.15) is 0 Å². The van der Waals surface area contributed by atoms with Crippen LogP contribution in [0.4, 0.5) is 0 Å². The fourth-order valence-electron chi connectivity index (χ4n) is 3.43. The largest absolute Gasteiger partial charge is 0.481 e. The normalized spacial score (nSPS) is 21.3. The molecule has 1 fully saturated rings. The fraction of sp³-hybridized carbons (Fsp3) is 0.500. The molecule has 2 heterocycles. The SMILES string of the molecule is COc1ccc2nccc(CC[C@H]3CC[C@H](C(=O)O)CC3)c2n1. The average molecular weight is 314 g/mol. The van der Waals surface area contributed by atoms with Crippen LogP contribution in [0, 0.1) is 11.8 Å². The van der Waals surface area contributed by atoms with Crippen LogP contribution in [0.2, 0.25) is 0 Å². The van der Waals surface area contributed by atoms with E-state index in [2.05, 4.69) is 9.97 Å². The molecule has 0 aromatic carbocycles. The van der Waals surface area contributed by atoms with Crippen molar-refractivity contribution in [3.63, 3.8) is 0 Å². The van der Waals surface area contributed by atoms with Gasteiger partial charge in [-0.25, -0.2) is 4.98 Å². The topological polar surface area (TPSA) is 72.3 Å². The first-order valence-corrected chi connectivity index (χ1v) is 8.19. The summed E-state index contributed by atoms with van der Waals surface area (Å²) in [5.74, 6) is 0.437. The number of carboxylic acids is 1. The van der Waals surface area contributed by atoms with Crippen molar-refractivity contribution in [2.45, 2.75) is 38.5 Å². The number of fused-ring (bicyclic) bond motifs is 1. The van der Waals surface area contributed by atoms with Crippen molar-refractivity contribution in [2.75, 3.05) is 7.11 Å². The molecule has 2 aromatic rings. The number of hydrogen-bond donors (Lipinski definition) is 1. The van der Waals surface area contributed by atoms with Gasteiger partial charge in [0.25, 0.3) is 0 Å². The third kappa shape index (κ3) is 3.60. The molecule has 5 nitrogen and oxygen atoms in total. The molecule has 0 aliphatic heterocycles. The van der Waals surface area contributed by atoms with Crippen LogP contribution in [0.3, 0.4) is 0 Å². The zero-order valence-corrected chi connectivity index (χ0v) is 13.4. The highest BCUT2D eigenvalue weighted by atomic mass is 16.5. The molecule has 1 aliphatic rings. The highest BCUT2D eigenvalue weighted by molar-refractivity contribution is 5.78. The van der Waals surface area contributed by atoms with Crippen LogP contribution in [-0.2, 0) is 11.2 Å². The lowest BCUT2D eigenvalue weighted by Gasteiger charge is -2.26. The Bertz CT molecular complexity index is 694. The summed E-state index contributed by atoms with van der Waals surface area (Å²) in [6.07, 6.45) is 7.49. The summed E-state index contributed by atoms with van der Waals surface area (Å²) in [7, 11) is 1.62. The molecule has 0 saturated heterocycles. The summed E-state index contributed by atoms with van der Waals surface area (Å²) in [6.45, 7) is 0. The molecule has 1 saturated carbocycles. The van der Waals surface area contributed by atoms with E-state index < -0.39 is 5.97 Å². The predicted octanol–water partition coefficient (Wildman–Crippen LogP) is 3.46. The Hall–Kier alpha value is -2.17. The van der Waals surface area contributed by atoms with Gasteiger partial charge in [0.2, 0.25) is 5.88 Å². The Labute approximate surface area is 135 Å². The summed E-state index contributed by atoms with van der Waals surface area (Å²) >= 11 is 0. The minimum atomic E-state index is -0.639. The number of pyridine rings is 2. The molecule has 0 unspecified atom stereocenters. The fourth-order valence-corrected chi connectivity index (χ4v) is 3.43. The molecule has 3 rings (SSSR count). The van der Waals surface area contributed by atoms with E-state index in [9.17, 15) is 4.79 Å². The molecule has 1 aliphatic carbocycles. The zero-order chi connectivity index (χ0) is 16.2. The molecule has 2 aromatic heterocycles. The number of aryl methyl sites for hydroxylation is 1. The lowest BCUT2D eigenvalue weighted by molar-refractivity contribution is -0.143. The molecule has 5 heteroatoms. The van der Waals surface area contributed by atoms with Gasteiger partial charge in [-0.3, -0.25) is 9.78 Å². The van der Waals surface area contributed by atoms with Crippen molar-refractivity contribution in [3.05, 3.63) is 30.0 Å². The van der Waals surface area contributed by atoms with E-state index in [1.54, 1.807) is 7.11 Å². The van der Waals surface area contributed by atoms with Gasteiger partial charge in [0, 0.05) is 12.3 Å². The second kappa shape index (κ2) is 6.94. The second-order valence-electron chi connectivity index (χ2n) is 6.29. The van der Waals surface area contributed by atoms with E-state index in [1.807, 2.05) is 24.4 Å². The van der Waals surface area contributed by atoms with Gasteiger partial charge < -0.3 is 9.84 Å². The average Bonchev–Trinajstić information content (AvgIpc) is 2.59. The van der Waals surface area contributed by atoms with E-state index in [-0.39, 0.29) is 5.92 Å². The Kier molecular flexibility index (Phi) is 4.74. The minimum Gasteiger partial charge on any atom is -0.481 e. The molecule has 23 heavy (non-hydrogen) atoms. The number of methoxy groups -OCH3 is 1. The molecule has 0 atom stereocenters. The first-order chi connectivity index (χ1) is 11.2. The van der Waals surface area contributed by atoms with E-state index in [0.717, 1.165) is 49.6 Å². The maximum Gasteiger partial charge on any atom is 0.306 e. The second-order valence-corrected chi connectivity index (χ2v) is 6.29. The highest BCUT2D eigenvalue weighted by Gasteiger charge is 2.25. The van der Waals surface area contributed by atoms with Crippen molar-refractivity contribution in [2.24, 2.45) is 11.8 Å². The molecular weight excluding hydrogens is 292 g/mol. The third-order valence-corrected chi connectivity index (χ3v) is 4.87. The Morgan fingerprint density at radius 1 is 1.26 bits per heavy atom. The monoisotopic (exact) mass is 314 g/mol. The molecule has 0 amide bonds. The van der Waals surface area contributed by atoms with E-state index in [1.165, 1.54) is 5.56 Å². The van der Waals surface area contributed by atoms with Crippen molar-refractivity contribution < 1.29 is 14.6 Å². The first-order valence-electron chi connectivity index (χ1n) is 8.19. The Morgan fingerprint density at radius 3 is 2.74 bits per heavy atom. The predicted molar refractivity (Wildman–Crippen MR) is 87.5 cm³/mol. The molecule has 0 spiro atoms. The van der Waals surface area contributed by atoms with Crippen molar-refractivity contribution >= 4 is 17.0 Å². The first kappa shape index (κ1) is 15.7. The van der Waals surface area contributed by atoms with Crippen LogP contribution < -0.4 is 4.74 Å². The van der Waals surface area contributed by atoms with Gasteiger partial charge >= 0.3 is 5.97 Å². The number of rotatable bonds is 5. The molecule has 122 valence electrons.